The van der Waals surface area contributed by atoms with E-state index in [1.165, 1.54) is 11.0 Å². The molecule has 130 valence electrons. The number of nitrogens with zero attached hydrogens (tertiary/aromatic N) is 1. The zero-order valence-corrected chi connectivity index (χ0v) is 14.6. The molecule has 0 radical (unpaired) electrons. The first-order valence-electron chi connectivity index (χ1n) is 7.60. The summed E-state index contributed by atoms with van der Waals surface area (Å²) in [6, 6.07) is 4.69. The largest absolute Gasteiger partial charge is 0.481 e. The number of hydrogen-bond acceptors (Lipinski definition) is 3. The van der Waals surface area contributed by atoms with E-state index in [0.29, 0.717) is 35.1 Å². The number of aliphatic carboxylic acids is 1. The zero-order valence-electron chi connectivity index (χ0n) is 13.1. The van der Waals surface area contributed by atoms with E-state index in [1.54, 1.807) is 12.1 Å². The van der Waals surface area contributed by atoms with Gasteiger partial charge in [-0.05, 0) is 31.0 Å². The Morgan fingerprint density at radius 3 is 2.54 bits per heavy atom. The summed E-state index contributed by atoms with van der Waals surface area (Å²) in [4.78, 5) is 36.8. The highest BCUT2D eigenvalue weighted by Gasteiger charge is 2.49. The Bertz CT molecular complexity index is 665. The topological polar surface area (TPSA) is 86.7 Å². The van der Waals surface area contributed by atoms with Crippen molar-refractivity contribution >= 4 is 46.7 Å². The molecule has 2 unspecified atom stereocenters. The van der Waals surface area contributed by atoms with Crippen LogP contribution in [-0.4, -0.2) is 40.9 Å². The first-order chi connectivity index (χ1) is 11.3. The minimum absolute atomic E-state index is 0.144. The number of carboxylic acid groups (broad SMARTS) is 1. The summed E-state index contributed by atoms with van der Waals surface area (Å²) >= 11 is 11.8. The molecule has 0 bridgehead atoms. The summed E-state index contributed by atoms with van der Waals surface area (Å²) in [6.07, 6.45) is 1.00. The summed E-state index contributed by atoms with van der Waals surface area (Å²) < 4.78 is 0. The highest BCUT2D eigenvalue weighted by atomic mass is 35.5. The number of amides is 2. The Hall–Kier alpha value is -1.79. The fourth-order valence-electron chi connectivity index (χ4n) is 2.47. The number of halogens is 2. The zero-order chi connectivity index (χ0) is 17.9. The maximum Gasteiger partial charge on any atom is 0.307 e. The van der Waals surface area contributed by atoms with Crippen LogP contribution in [0.25, 0.3) is 0 Å². The second-order valence-corrected chi connectivity index (χ2v) is 6.56. The van der Waals surface area contributed by atoms with E-state index in [0.717, 1.165) is 0 Å². The number of carboxylic acids is 1. The third-order valence-corrected chi connectivity index (χ3v) is 4.32. The van der Waals surface area contributed by atoms with Crippen LogP contribution in [0.4, 0.5) is 5.69 Å². The maximum atomic E-state index is 12.3. The smallest absolute Gasteiger partial charge is 0.307 e. The lowest BCUT2D eigenvalue weighted by atomic mass is 10.2. The van der Waals surface area contributed by atoms with Crippen LogP contribution in [0.15, 0.2) is 18.2 Å². The van der Waals surface area contributed by atoms with Crippen molar-refractivity contribution in [3.8, 4) is 0 Å². The lowest BCUT2D eigenvalue weighted by Crippen LogP contribution is -2.40. The van der Waals surface area contributed by atoms with Gasteiger partial charge in [0.25, 0.3) is 0 Å². The van der Waals surface area contributed by atoms with Gasteiger partial charge in [-0.15, -0.1) is 0 Å². The predicted octanol–water partition coefficient (Wildman–Crippen LogP) is 2.89. The Kier molecular flexibility index (Phi) is 6.07. The summed E-state index contributed by atoms with van der Waals surface area (Å²) in [5.74, 6) is -2.82. The number of carbonyl (C=O) groups excluding carboxylic acids is 2. The van der Waals surface area contributed by atoms with Crippen LogP contribution in [-0.2, 0) is 14.4 Å². The number of nitrogens with one attached hydrogen (secondary N) is 1. The standard InChI is InChI=1S/C16H18Cl2N2O4/c1-2-5-20(15(22)10-7-11(10)16(23)24)8-14(21)19-13-4-3-9(17)6-12(13)18/h3-4,6,10-11H,2,5,7-8H2,1H3,(H,19,21)(H,23,24). The van der Waals surface area contributed by atoms with Crippen LogP contribution in [0.3, 0.4) is 0 Å². The first kappa shape index (κ1) is 18.5. The highest BCUT2D eigenvalue weighted by Crippen LogP contribution is 2.40. The second kappa shape index (κ2) is 7.85. The van der Waals surface area contributed by atoms with Gasteiger partial charge in [-0.2, -0.15) is 0 Å². The average Bonchev–Trinajstić information content (AvgIpc) is 3.29. The van der Waals surface area contributed by atoms with Crippen LogP contribution < -0.4 is 5.32 Å². The van der Waals surface area contributed by atoms with Gasteiger partial charge in [0.1, 0.15) is 0 Å². The van der Waals surface area contributed by atoms with E-state index in [-0.39, 0.29) is 12.5 Å². The molecule has 0 aromatic heterocycles. The average molecular weight is 373 g/mol. The molecule has 8 heteroatoms. The van der Waals surface area contributed by atoms with E-state index in [2.05, 4.69) is 5.32 Å². The van der Waals surface area contributed by atoms with Crippen LogP contribution in [0.1, 0.15) is 19.8 Å². The van der Waals surface area contributed by atoms with Crippen LogP contribution in [0, 0.1) is 11.8 Å². The summed E-state index contributed by atoms with van der Waals surface area (Å²) in [7, 11) is 0. The first-order valence-corrected chi connectivity index (χ1v) is 8.35. The quantitative estimate of drug-likeness (QED) is 0.770. The lowest BCUT2D eigenvalue weighted by Gasteiger charge is -2.22. The van der Waals surface area contributed by atoms with Gasteiger partial charge in [-0.25, -0.2) is 0 Å². The van der Waals surface area contributed by atoms with Crippen molar-refractivity contribution in [2.45, 2.75) is 19.8 Å². The van der Waals surface area contributed by atoms with Gasteiger partial charge in [0.2, 0.25) is 11.8 Å². The minimum Gasteiger partial charge on any atom is -0.481 e. The van der Waals surface area contributed by atoms with Gasteiger partial charge in [-0.1, -0.05) is 30.1 Å². The highest BCUT2D eigenvalue weighted by molar-refractivity contribution is 6.36. The molecule has 1 aromatic carbocycles. The number of carbonyl (C=O) groups is 3. The Morgan fingerprint density at radius 2 is 2.00 bits per heavy atom. The van der Waals surface area contributed by atoms with Crippen LogP contribution >= 0.6 is 23.2 Å². The number of hydrogen-bond donors (Lipinski definition) is 2. The second-order valence-electron chi connectivity index (χ2n) is 5.72. The van der Waals surface area contributed by atoms with Gasteiger partial charge in [0, 0.05) is 11.6 Å². The Labute approximate surface area is 149 Å². The maximum absolute atomic E-state index is 12.3. The minimum atomic E-state index is -0.970. The molecule has 1 aliphatic carbocycles. The van der Waals surface area contributed by atoms with E-state index >= 15 is 0 Å². The molecule has 6 nitrogen and oxygen atoms in total. The van der Waals surface area contributed by atoms with Crippen molar-refractivity contribution in [2.75, 3.05) is 18.4 Å². The number of benzene rings is 1. The lowest BCUT2D eigenvalue weighted by molar-refractivity contribution is -0.142. The van der Waals surface area contributed by atoms with Crippen molar-refractivity contribution < 1.29 is 19.5 Å². The molecule has 2 atom stereocenters. The van der Waals surface area contributed by atoms with Gasteiger partial charge in [-0.3, -0.25) is 14.4 Å². The molecule has 2 amide bonds. The number of anilines is 1. The molecule has 0 aliphatic heterocycles. The third kappa shape index (κ3) is 4.61. The normalized spacial score (nSPS) is 18.8. The summed E-state index contributed by atoms with van der Waals surface area (Å²) in [6.45, 7) is 2.13. The van der Waals surface area contributed by atoms with Gasteiger partial charge in [0.05, 0.1) is 29.1 Å². The van der Waals surface area contributed by atoms with E-state index in [1.807, 2.05) is 6.92 Å². The fourth-order valence-corrected chi connectivity index (χ4v) is 2.92. The van der Waals surface area contributed by atoms with E-state index in [4.69, 9.17) is 28.3 Å². The van der Waals surface area contributed by atoms with Gasteiger partial charge < -0.3 is 15.3 Å². The van der Waals surface area contributed by atoms with E-state index in [9.17, 15) is 14.4 Å². The van der Waals surface area contributed by atoms with Gasteiger partial charge in [0.15, 0.2) is 0 Å². The molecule has 0 saturated heterocycles. The molecule has 1 aromatic rings. The SMILES string of the molecule is CCCN(CC(=O)Nc1ccc(Cl)cc1Cl)C(=O)C1CC1C(=O)O. The molecule has 24 heavy (non-hydrogen) atoms. The molecule has 2 rings (SSSR count). The molecule has 1 fully saturated rings. The molecule has 1 aliphatic rings. The fraction of sp³-hybridized carbons (Fsp3) is 0.438. The van der Waals surface area contributed by atoms with Crippen molar-refractivity contribution in [3.05, 3.63) is 28.2 Å². The van der Waals surface area contributed by atoms with Crippen LogP contribution in [0.2, 0.25) is 10.0 Å². The van der Waals surface area contributed by atoms with E-state index < -0.39 is 23.7 Å². The summed E-state index contributed by atoms with van der Waals surface area (Å²) in [5, 5.41) is 12.3. The summed E-state index contributed by atoms with van der Waals surface area (Å²) in [5.41, 5.74) is 0.407. The van der Waals surface area contributed by atoms with Crippen molar-refractivity contribution in [1.82, 2.24) is 4.90 Å². The third-order valence-electron chi connectivity index (χ3n) is 3.77. The van der Waals surface area contributed by atoms with Gasteiger partial charge >= 0.3 is 5.97 Å². The monoisotopic (exact) mass is 372 g/mol. The number of rotatable bonds is 7. The molecule has 0 heterocycles. The molecule has 2 N–H and O–H groups in total. The van der Waals surface area contributed by atoms with Crippen molar-refractivity contribution in [1.29, 1.82) is 0 Å². The molecule has 0 spiro atoms. The molecule has 1 saturated carbocycles. The predicted molar refractivity (Wildman–Crippen MR) is 91.2 cm³/mol. The van der Waals surface area contributed by atoms with Crippen molar-refractivity contribution in [3.63, 3.8) is 0 Å². The molecular formula is C16H18Cl2N2O4. The van der Waals surface area contributed by atoms with Crippen molar-refractivity contribution in [2.24, 2.45) is 11.8 Å². The van der Waals surface area contributed by atoms with Crippen LogP contribution in [0.5, 0.6) is 0 Å². The Morgan fingerprint density at radius 1 is 1.29 bits per heavy atom. The Balaban J connectivity index is 1.98. The molecular weight excluding hydrogens is 355 g/mol.